The molecular formula is C9H9NO5. The molecule has 0 aliphatic carbocycles. The molecule has 15 heavy (non-hydrogen) atoms. The molecular weight excluding hydrogens is 202 g/mol. The molecule has 0 heterocycles. The molecule has 0 saturated carbocycles. The predicted molar refractivity (Wildman–Crippen MR) is 50.4 cm³/mol. The summed E-state index contributed by atoms with van der Waals surface area (Å²) in [5.41, 5.74) is 0.0545. The predicted octanol–water partition coefficient (Wildman–Crippen LogP) is 1.02. The van der Waals surface area contributed by atoms with Gasteiger partial charge in [-0.3, -0.25) is 10.1 Å². The van der Waals surface area contributed by atoms with Crippen molar-refractivity contribution in [3.63, 3.8) is 0 Å². The van der Waals surface area contributed by atoms with Crippen molar-refractivity contribution in [1.82, 2.24) is 0 Å². The molecule has 2 N–H and O–H groups in total. The maximum Gasteiger partial charge on any atom is 0.337 e. The van der Waals surface area contributed by atoms with Crippen LogP contribution in [-0.4, -0.2) is 21.1 Å². The number of rotatable bonds is 3. The Hall–Kier alpha value is -1.95. The van der Waals surface area contributed by atoms with Gasteiger partial charge in [-0.05, 0) is 13.0 Å². The molecule has 6 heteroatoms. The first-order valence-electron chi connectivity index (χ1n) is 4.09. The fourth-order valence-corrected chi connectivity index (χ4v) is 1.19. The number of aliphatic hydroxyl groups excluding tert-OH is 1. The summed E-state index contributed by atoms with van der Waals surface area (Å²) >= 11 is 0. The van der Waals surface area contributed by atoms with Gasteiger partial charge in [0, 0.05) is 6.07 Å². The quantitative estimate of drug-likeness (QED) is 0.574. The Morgan fingerprint density at radius 3 is 2.60 bits per heavy atom. The summed E-state index contributed by atoms with van der Waals surface area (Å²) in [4.78, 5) is 20.4. The van der Waals surface area contributed by atoms with Gasteiger partial charge in [0.05, 0.1) is 10.5 Å². The minimum absolute atomic E-state index is 0.201. The lowest BCUT2D eigenvalue weighted by Crippen LogP contribution is -2.12. The van der Waals surface area contributed by atoms with Crippen LogP contribution in [0.1, 0.15) is 17.2 Å². The Labute approximate surface area is 84.9 Å². The van der Waals surface area contributed by atoms with E-state index in [4.69, 9.17) is 5.11 Å². The number of hydrogen-bond donors (Lipinski definition) is 2. The van der Waals surface area contributed by atoms with E-state index in [2.05, 4.69) is 0 Å². The molecule has 80 valence electrons. The third kappa shape index (κ3) is 2.29. The molecule has 1 aromatic carbocycles. The van der Waals surface area contributed by atoms with Gasteiger partial charge in [0.15, 0.2) is 6.10 Å². The summed E-state index contributed by atoms with van der Waals surface area (Å²) < 4.78 is 0. The van der Waals surface area contributed by atoms with Gasteiger partial charge in [0.2, 0.25) is 0 Å². The van der Waals surface area contributed by atoms with Crippen LogP contribution < -0.4 is 0 Å². The van der Waals surface area contributed by atoms with Gasteiger partial charge in [-0.15, -0.1) is 0 Å². The molecule has 1 unspecified atom stereocenters. The first-order chi connectivity index (χ1) is 6.93. The minimum atomic E-state index is -1.87. The SMILES string of the molecule is Cc1ccc([N+](=O)[O-])c(C(O)C(=O)O)c1. The van der Waals surface area contributed by atoms with Crippen LogP contribution >= 0.6 is 0 Å². The lowest BCUT2D eigenvalue weighted by molar-refractivity contribution is -0.386. The zero-order chi connectivity index (χ0) is 11.6. The van der Waals surface area contributed by atoms with Crippen molar-refractivity contribution in [2.45, 2.75) is 13.0 Å². The Balaban J connectivity index is 3.30. The van der Waals surface area contributed by atoms with E-state index in [0.29, 0.717) is 5.56 Å². The van der Waals surface area contributed by atoms with Crippen molar-refractivity contribution in [2.24, 2.45) is 0 Å². The highest BCUT2D eigenvalue weighted by molar-refractivity contribution is 5.76. The molecule has 0 radical (unpaired) electrons. The van der Waals surface area contributed by atoms with Gasteiger partial charge in [0.1, 0.15) is 0 Å². The minimum Gasteiger partial charge on any atom is -0.479 e. The van der Waals surface area contributed by atoms with Crippen LogP contribution in [0, 0.1) is 17.0 Å². The van der Waals surface area contributed by atoms with E-state index in [-0.39, 0.29) is 5.56 Å². The summed E-state index contributed by atoms with van der Waals surface area (Å²) in [6.45, 7) is 1.65. The number of aliphatic carboxylic acids is 1. The molecule has 0 amide bonds. The lowest BCUT2D eigenvalue weighted by Gasteiger charge is -2.07. The molecule has 0 fully saturated rings. The average Bonchev–Trinajstić information content (AvgIpc) is 2.15. The average molecular weight is 211 g/mol. The standard InChI is InChI=1S/C9H9NO5/c1-5-2-3-7(10(14)15)6(4-5)8(11)9(12)13/h2-4,8,11H,1H3,(H,12,13). The Morgan fingerprint density at radius 1 is 1.53 bits per heavy atom. The van der Waals surface area contributed by atoms with Crippen molar-refractivity contribution in [1.29, 1.82) is 0 Å². The number of aliphatic hydroxyl groups is 1. The van der Waals surface area contributed by atoms with Crippen molar-refractivity contribution >= 4 is 11.7 Å². The molecule has 1 atom stereocenters. The van der Waals surface area contributed by atoms with Gasteiger partial charge in [-0.1, -0.05) is 11.6 Å². The first kappa shape index (κ1) is 11.1. The summed E-state index contributed by atoms with van der Waals surface area (Å²) in [6.07, 6.45) is -1.87. The number of carboxylic acids is 1. The van der Waals surface area contributed by atoms with Gasteiger partial charge < -0.3 is 10.2 Å². The van der Waals surface area contributed by atoms with Crippen LogP contribution in [-0.2, 0) is 4.79 Å². The van der Waals surface area contributed by atoms with Crippen molar-refractivity contribution in [3.8, 4) is 0 Å². The van der Waals surface area contributed by atoms with Crippen LogP contribution in [0.15, 0.2) is 18.2 Å². The number of hydrogen-bond acceptors (Lipinski definition) is 4. The van der Waals surface area contributed by atoms with E-state index in [1.165, 1.54) is 18.2 Å². The maximum absolute atomic E-state index is 10.6. The number of nitro benzene ring substituents is 1. The number of aryl methyl sites for hydroxylation is 1. The van der Waals surface area contributed by atoms with E-state index in [0.717, 1.165) is 0 Å². The van der Waals surface area contributed by atoms with Crippen LogP contribution in [0.3, 0.4) is 0 Å². The molecule has 6 nitrogen and oxygen atoms in total. The molecule has 0 saturated heterocycles. The Bertz CT molecular complexity index is 415. The fourth-order valence-electron chi connectivity index (χ4n) is 1.19. The number of nitrogens with zero attached hydrogens (tertiary/aromatic N) is 1. The second kappa shape index (κ2) is 4.05. The number of carbonyl (C=O) groups is 1. The van der Waals surface area contributed by atoms with Crippen LogP contribution in [0.5, 0.6) is 0 Å². The van der Waals surface area contributed by atoms with Gasteiger partial charge >= 0.3 is 5.97 Å². The zero-order valence-electron chi connectivity index (χ0n) is 7.88. The topological polar surface area (TPSA) is 101 Å². The fraction of sp³-hybridized carbons (Fsp3) is 0.222. The van der Waals surface area contributed by atoms with E-state index in [9.17, 15) is 20.0 Å². The molecule has 0 spiro atoms. The highest BCUT2D eigenvalue weighted by Crippen LogP contribution is 2.26. The van der Waals surface area contributed by atoms with Gasteiger partial charge in [-0.2, -0.15) is 0 Å². The summed E-state index contributed by atoms with van der Waals surface area (Å²) in [7, 11) is 0. The van der Waals surface area contributed by atoms with Gasteiger partial charge in [-0.25, -0.2) is 4.79 Å². The van der Waals surface area contributed by atoms with Gasteiger partial charge in [0.25, 0.3) is 5.69 Å². The summed E-state index contributed by atoms with van der Waals surface area (Å²) in [5, 5.41) is 28.4. The number of benzene rings is 1. The van der Waals surface area contributed by atoms with Crippen molar-refractivity contribution < 1.29 is 19.9 Å². The van der Waals surface area contributed by atoms with E-state index < -0.39 is 22.7 Å². The summed E-state index contributed by atoms with van der Waals surface area (Å²) in [5.74, 6) is -1.51. The zero-order valence-corrected chi connectivity index (χ0v) is 7.88. The van der Waals surface area contributed by atoms with E-state index >= 15 is 0 Å². The second-order valence-electron chi connectivity index (χ2n) is 3.06. The Kier molecular flexibility index (Phi) is 3.01. The highest BCUT2D eigenvalue weighted by atomic mass is 16.6. The largest absolute Gasteiger partial charge is 0.479 e. The molecule has 0 aromatic heterocycles. The molecule has 0 bridgehead atoms. The molecule has 1 aromatic rings. The monoisotopic (exact) mass is 211 g/mol. The van der Waals surface area contributed by atoms with Crippen LogP contribution in [0.25, 0.3) is 0 Å². The smallest absolute Gasteiger partial charge is 0.337 e. The van der Waals surface area contributed by atoms with Crippen molar-refractivity contribution in [3.05, 3.63) is 39.4 Å². The van der Waals surface area contributed by atoms with E-state index in [1.54, 1.807) is 6.92 Å². The third-order valence-electron chi connectivity index (χ3n) is 1.91. The lowest BCUT2D eigenvalue weighted by atomic mass is 10.0. The first-order valence-corrected chi connectivity index (χ1v) is 4.09. The molecule has 0 aliphatic heterocycles. The van der Waals surface area contributed by atoms with Crippen LogP contribution in [0.4, 0.5) is 5.69 Å². The number of nitro groups is 1. The normalized spacial score (nSPS) is 12.1. The second-order valence-corrected chi connectivity index (χ2v) is 3.06. The molecule has 1 rings (SSSR count). The highest BCUT2D eigenvalue weighted by Gasteiger charge is 2.25. The maximum atomic E-state index is 10.6. The summed E-state index contributed by atoms with van der Waals surface area (Å²) in [6, 6.07) is 3.95. The number of carboxylic acid groups (broad SMARTS) is 1. The molecule has 0 aliphatic rings. The van der Waals surface area contributed by atoms with Crippen LogP contribution in [0.2, 0.25) is 0 Å². The third-order valence-corrected chi connectivity index (χ3v) is 1.91. The Morgan fingerprint density at radius 2 is 2.13 bits per heavy atom. The van der Waals surface area contributed by atoms with E-state index in [1.807, 2.05) is 0 Å². The van der Waals surface area contributed by atoms with Crippen molar-refractivity contribution in [2.75, 3.05) is 0 Å².